The van der Waals surface area contributed by atoms with Gasteiger partial charge in [-0.05, 0) is 38.3 Å². The molecule has 2 saturated heterocycles. The van der Waals surface area contributed by atoms with Crippen molar-refractivity contribution in [3.63, 3.8) is 0 Å². The molecule has 2 aliphatic heterocycles. The van der Waals surface area contributed by atoms with Crippen LogP contribution in [0.25, 0.3) is 0 Å². The molecule has 6 heteroatoms. The van der Waals surface area contributed by atoms with Crippen LogP contribution in [-0.4, -0.2) is 60.1 Å². The van der Waals surface area contributed by atoms with E-state index in [2.05, 4.69) is 41.4 Å². The number of hydrogen-bond donors (Lipinski definition) is 2. The van der Waals surface area contributed by atoms with E-state index in [0.29, 0.717) is 19.4 Å². The molecule has 1 aromatic rings. The third-order valence-corrected chi connectivity index (χ3v) is 4.95. The Balaban J connectivity index is 1.58. The van der Waals surface area contributed by atoms with Crippen LogP contribution in [0.2, 0.25) is 0 Å². The number of nitrogens with zero attached hydrogens (tertiary/aromatic N) is 2. The van der Waals surface area contributed by atoms with E-state index in [0.717, 1.165) is 26.1 Å². The zero-order chi connectivity index (χ0) is 17.1. The lowest BCUT2D eigenvalue weighted by atomic mass is 10.1. The van der Waals surface area contributed by atoms with E-state index >= 15 is 0 Å². The van der Waals surface area contributed by atoms with Crippen molar-refractivity contribution in [2.45, 2.75) is 38.3 Å². The molecule has 0 bridgehead atoms. The van der Waals surface area contributed by atoms with Crippen LogP contribution in [0.5, 0.6) is 0 Å². The number of rotatable bonds is 3. The van der Waals surface area contributed by atoms with Crippen molar-refractivity contribution in [3.8, 4) is 0 Å². The molecule has 3 rings (SSSR count). The predicted molar refractivity (Wildman–Crippen MR) is 92.2 cm³/mol. The lowest BCUT2D eigenvalue weighted by Gasteiger charge is -2.25. The summed E-state index contributed by atoms with van der Waals surface area (Å²) in [4.78, 5) is 27.9. The second-order valence-corrected chi connectivity index (χ2v) is 6.69. The first kappa shape index (κ1) is 16.8. The van der Waals surface area contributed by atoms with Crippen molar-refractivity contribution in [2.75, 3.05) is 31.1 Å². The van der Waals surface area contributed by atoms with E-state index < -0.39 is 12.0 Å². The molecule has 1 amide bonds. The molecule has 6 nitrogen and oxygen atoms in total. The molecule has 2 N–H and O–H groups in total. The summed E-state index contributed by atoms with van der Waals surface area (Å²) < 4.78 is 0. The molecule has 24 heavy (non-hydrogen) atoms. The standard InChI is InChI=1S/C18H25N3O3/c1-13-3-5-14(6-4-13)20-9-2-10-21(12-11-20)17(22)15-7-8-16(19-15)18(23)24/h3-6,15-16,19H,2,7-12H2,1H3,(H,23,24)/t15-,16+/m1/s1. The van der Waals surface area contributed by atoms with Crippen molar-refractivity contribution in [3.05, 3.63) is 29.8 Å². The van der Waals surface area contributed by atoms with Gasteiger partial charge in [0.25, 0.3) is 0 Å². The van der Waals surface area contributed by atoms with Crippen molar-refractivity contribution in [1.82, 2.24) is 10.2 Å². The average Bonchev–Trinajstić information content (AvgIpc) is 2.94. The van der Waals surface area contributed by atoms with E-state index in [1.165, 1.54) is 11.3 Å². The predicted octanol–water partition coefficient (Wildman–Crippen LogP) is 1.24. The molecule has 0 radical (unpaired) electrons. The fourth-order valence-corrected chi connectivity index (χ4v) is 3.50. The number of carbonyl (C=O) groups excluding carboxylic acids is 1. The summed E-state index contributed by atoms with van der Waals surface area (Å²) in [5.74, 6) is -0.823. The Labute approximate surface area is 142 Å². The molecule has 0 aromatic heterocycles. The Kier molecular flexibility index (Phi) is 5.04. The molecular weight excluding hydrogens is 306 g/mol. The zero-order valence-electron chi connectivity index (χ0n) is 14.1. The minimum Gasteiger partial charge on any atom is -0.480 e. The second-order valence-electron chi connectivity index (χ2n) is 6.69. The molecule has 130 valence electrons. The Hall–Kier alpha value is -2.08. The van der Waals surface area contributed by atoms with Gasteiger partial charge in [0.1, 0.15) is 6.04 Å². The lowest BCUT2D eigenvalue weighted by molar-refractivity contribution is -0.139. The van der Waals surface area contributed by atoms with Crippen LogP contribution in [0, 0.1) is 6.92 Å². The summed E-state index contributed by atoms with van der Waals surface area (Å²) in [5.41, 5.74) is 2.44. The van der Waals surface area contributed by atoms with E-state index in [-0.39, 0.29) is 11.9 Å². The number of aliphatic carboxylic acids is 1. The minimum absolute atomic E-state index is 0.0458. The van der Waals surface area contributed by atoms with Gasteiger partial charge in [-0.1, -0.05) is 17.7 Å². The van der Waals surface area contributed by atoms with Crippen LogP contribution in [0.1, 0.15) is 24.8 Å². The van der Waals surface area contributed by atoms with Crippen LogP contribution in [0.3, 0.4) is 0 Å². The summed E-state index contributed by atoms with van der Waals surface area (Å²) in [6.07, 6.45) is 2.05. The minimum atomic E-state index is -0.869. The molecular formula is C18H25N3O3. The van der Waals surface area contributed by atoms with Gasteiger partial charge in [0.2, 0.25) is 5.91 Å². The summed E-state index contributed by atoms with van der Waals surface area (Å²) in [6.45, 7) is 5.23. The number of carbonyl (C=O) groups is 2. The first-order chi connectivity index (χ1) is 11.5. The highest BCUT2D eigenvalue weighted by atomic mass is 16.4. The summed E-state index contributed by atoms with van der Waals surface area (Å²) >= 11 is 0. The van der Waals surface area contributed by atoms with Gasteiger partial charge < -0.3 is 14.9 Å². The Morgan fingerprint density at radius 1 is 1.04 bits per heavy atom. The Morgan fingerprint density at radius 2 is 1.75 bits per heavy atom. The maximum absolute atomic E-state index is 12.7. The number of carboxylic acid groups (broad SMARTS) is 1. The quantitative estimate of drug-likeness (QED) is 0.872. The highest BCUT2D eigenvalue weighted by Crippen LogP contribution is 2.19. The van der Waals surface area contributed by atoms with Crippen molar-refractivity contribution in [1.29, 1.82) is 0 Å². The molecule has 0 saturated carbocycles. The van der Waals surface area contributed by atoms with Crippen LogP contribution in [0.4, 0.5) is 5.69 Å². The first-order valence-corrected chi connectivity index (χ1v) is 8.64. The highest BCUT2D eigenvalue weighted by molar-refractivity contribution is 5.84. The highest BCUT2D eigenvalue weighted by Gasteiger charge is 2.35. The van der Waals surface area contributed by atoms with Crippen molar-refractivity contribution < 1.29 is 14.7 Å². The first-order valence-electron chi connectivity index (χ1n) is 8.64. The summed E-state index contributed by atoms with van der Waals surface area (Å²) in [6, 6.07) is 7.54. The van der Waals surface area contributed by atoms with Gasteiger partial charge in [0.05, 0.1) is 6.04 Å². The van der Waals surface area contributed by atoms with Crippen LogP contribution >= 0.6 is 0 Å². The SMILES string of the molecule is Cc1ccc(N2CCCN(C(=O)[C@H]3CC[C@@H](C(=O)O)N3)CC2)cc1. The van der Waals surface area contributed by atoms with Crippen molar-refractivity contribution >= 4 is 17.6 Å². The van der Waals surface area contributed by atoms with Crippen LogP contribution in [-0.2, 0) is 9.59 Å². The number of amides is 1. The largest absolute Gasteiger partial charge is 0.480 e. The van der Waals surface area contributed by atoms with E-state index in [4.69, 9.17) is 5.11 Å². The molecule has 0 spiro atoms. The fourth-order valence-electron chi connectivity index (χ4n) is 3.50. The summed E-state index contributed by atoms with van der Waals surface area (Å²) in [5, 5.41) is 12.0. The third-order valence-electron chi connectivity index (χ3n) is 4.95. The molecule has 0 aliphatic carbocycles. The monoisotopic (exact) mass is 331 g/mol. The van der Waals surface area contributed by atoms with Gasteiger partial charge in [-0.25, -0.2) is 0 Å². The van der Waals surface area contributed by atoms with E-state index in [1.807, 2.05) is 4.90 Å². The zero-order valence-corrected chi connectivity index (χ0v) is 14.1. The van der Waals surface area contributed by atoms with Gasteiger partial charge >= 0.3 is 5.97 Å². The van der Waals surface area contributed by atoms with Gasteiger partial charge in [-0.2, -0.15) is 0 Å². The van der Waals surface area contributed by atoms with E-state index in [9.17, 15) is 9.59 Å². The third kappa shape index (κ3) is 3.70. The molecule has 2 atom stereocenters. The number of hydrogen-bond acceptors (Lipinski definition) is 4. The van der Waals surface area contributed by atoms with Gasteiger partial charge in [0, 0.05) is 31.9 Å². The maximum atomic E-state index is 12.7. The Morgan fingerprint density at radius 3 is 2.42 bits per heavy atom. The number of aryl methyl sites for hydroxylation is 1. The fraction of sp³-hybridized carbons (Fsp3) is 0.556. The smallest absolute Gasteiger partial charge is 0.320 e. The molecule has 0 unspecified atom stereocenters. The van der Waals surface area contributed by atoms with Gasteiger partial charge in [-0.3, -0.25) is 14.9 Å². The Bertz CT molecular complexity index is 602. The number of nitrogens with one attached hydrogen (secondary N) is 1. The number of anilines is 1. The number of carboxylic acids is 1. The van der Waals surface area contributed by atoms with Crippen LogP contribution < -0.4 is 10.2 Å². The lowest BCUT2D eigenvalue weighted by Crippen LogP contribution is -2.47. The van der Waals surface area contributed by atoms with Crippen molar-refractivity contribution in [2.24, 2.45) is 0 Å². The van der Waals surface area contributed by atoms with E-state index in [1.54, 1.807) is 0 Å². The molecule has 1 aromatic carbocycles. The molecule has 2 heterocycles. The van der Waals surface area contributed by atoms with Gasteiger partial charge in [-0.15, -0.1) is 0 Å². The average molecular weight is 331 g/mol. The molecule has 2 aliphatic rings. The maximum Gasteiger partial charge on any atom is 0.320 e. The number of benzene rings is 1. The second kappa shape index (κ2) is 7.21. The normalized spacial score (nSPS) is 24.7. The summed E-state index contributed by atoms with van der Waals surface area (Å²) in [7, 11) is 0. The van der Waals surface area contributed by atoms with Gasteiger partial charge in [0.15, 0.2) is 0 Å². The topological polar surface area (TPSA) is 72.9 Å². The molecule has 2 fully saturated rings. The van der Waals surface area contributed by atoms with Crippen LogP contribution in [0.15, 0.2) is 24.3 Å².